The minimum Gasteiger partial charge on any atom is -0.465 e. The van der Waals surface area contributed by atoms with Gasteiger partial charge in [-0.3, -0.25) is 4.79 Å². The van der Waals surface area contributed by atoms with Crippen molar-refractivity contribution in [1.82, 2.24) is 0 Å². The van der Waals surface area contributed by atoms with Gasteiger partial charge in [-0.05, 0) is 17.7 Å². The molecule has 1 atom stereocenters. The van der Waals surface area contributed by atoms with Crippen LogP contribution >= 0.6 is 11.6 Å². The SMILES string of the molecule is O=C1CC(c2ccc(Cl)cc2)CO1. The van der Waals surface area contributed by atoms with Gasteiger partial charge < -0.3 is 4.74 Å². The Morgan fingerprint density at radius 3 is 2.54 bits per heavy atom. The fourth-order valence-corrected chi connectivity index (χ4v) is 1.59. The first-order valence-corrected chi connectivity index (χ1v) is 4.54. The number of carbonyl (C=O) groups excluding carboxylic acids is 1. The lowest BCUT2D eigenvalue weighted by molar-refractivity contribution is -0.137. The van der Waals surface area contributed by atoms with Gasteiger partial charge in [-0.25, -0.2) is 0 Å². The molecule has 1 fully saturated rings. The molecule has 68 valence electrons. The molecule has 1 saturated heterocycles. The molecule has 0 N–H and O–H groups in total. The summed E-state index contributed by atoms with van der Waals surface area (Å²) >= 11 is 5.75. The zero-order valence-electron chi connectivity index (χ0n) is 7.00. The summed E-state index contributed by atoms with van der Waals surface area (Å²) in [6, 6.07) is 7.54. The minimum atomic E-state index is -0.111. The van der Waals surface area contributed by atoms with E-state index in [1.807, 2.05) is 24.3 Å². The number of esters is 1. The molecular weight excluding hydrogens is 188 g/mol. The van der Waals surface area contributed by atoms with Crippen LogP contribution in [0.3, 0.4) is 0 Å². The first kappa shape index (κ1) is 8.57. The van der Waals surface area contributed by atoms with Gasteiger partial charge in [0.25, 0.3) is 0 Å². The Morgan fingerprint density at radius 1 is 1.31 bits per heavy atom. The first-order chi connectivity index (χ1) is 6.25. The molecule has 1 aliphatic heterocycles. The third kappa shape index (κ3) is 1.83. The second-order valence-electron chi connectivity index (χ2n) is 3.14. The van der Waals surface area contributed by atoms with Crippen molar-refractivity contribution in [2.75, 3.05) is 6.61 Å². The van der Waals surface area contributed by atoms with Crippen molar-refractivity contribution in [3.05, 3.63) is 34.9 Å². The molecular formula is C10H9ClO2. The average Bonchev–Trinajstić information content (AvgIpc) is 2.53. The van der Waals surface area contributed by atoms with Crippen molar-refractivity contribution < 1.29 is 9.53 Å². The summed E-state index contributed by atoms with van der Waals surface area (Å²) in [5.74, 6) is 0.102. The van der Waals surface area contributed by atoms with Gasteiger partial charge in [-0.2, -0.15) is 0 Å². The largest absolute Gasteiger partial charge is 0.465 e. The fraction of sp³-hybridized carbons (Fsp3) is 0.300. The normalized spacial score (nSPS) is 21.6. The van der Waals surface area contributed by atoms with Gasteiger partial charge >= 0.3 is 5.97 Å². The minimum absolute atomic E-state index is 0.111. The predicted molar refractivity (Wildman–Crippen MR) is 49.8 cm³/mol. The molecule has 3 heteroatoms. The fourth-order valence-electron chi connectivity index (χ4n) is 1.46. The van der Waals surface area contributed by atoms with E-state index in [9.17, 15) is 4.79 Å². The Kier molecular flexibility index (Phi) is 2.23. The van der Waals surface area contributed by atoms with E-state index in [1.54, 1.807) is 0 Å². The predicted octanol–water partition coefficient (Wildman–Crippen LogP) is 2.37. The highest BCUT2D eigenvalue weighted by atomic mass is 35.5. The molecule has 1 aromatic rings. The van der Waals surface area contributed by atoms with E-state index in [0.29, 0.717) is 18.1 Å². The highest BCUT2D eigenvalue weighted by Crippen LogP contribution is 2.26. The molecule has 1 heterocycles. The maximum atomic E-state index is 10.8. The molecule has 2 rings (SSSR count). The summed E-state index contributed by atoms with van der Waals surface area (Å²) in [6.45, 7) is 0.500. The molecule has 0 aliphatic carbocycles. The van der Waals surface area contributed by atoms with Gasteiger partial charge in [0.2, 0.25) is 0 Å². The second kappa shape index (κ2) is 3.38. The number of cyclic esters (lactones) is 1. The van der Waals surface area contributed by atoms with Crippen molar-refractivity contribution in [1.29, 1.82) is 0 Å². The van der Waals surface area contributed by atoms with Crippen molar-refractivity contribution in [2.24, 2.45) is 0 Å². The lowest BCUT2D eigenvalue weighted by Crippen LogP contribution is -1.96. The summed E-state index contributed by atoms with van der Waals surface area (Å²) in [5, 5.41) is 0.717. The molecule has 2 nitrogen and oxygen atoms in total. The quantitative estimate of drug-likeness (QED) is 0.645. The molecule has 0 radical (unpaired) electrons. The molecule has 1 aromatic carbocycles. The maximum absolute atomic E-state index is 10.8. The van der Waals surface area contributed by atoms with Gasteiger partial charge in [0.15, 0.2) is 0 Å². The molecule has 0 aromatic heterocycles. The highest BCUT2D eigenvalue weighted by molar-refractivity contribution is 6.30. The van der Waals surface area contributed by atoms with E-state index in [4.69, 9.17) is 16.3 Å². The van der Waals surface area contributed by atoms with Crippen molar-refractivity contribution in [2.45, 2.75) is 12.3 Å². The Hall–Kier alpha value is -1.02. The Labute approximate surface area is 81.5 Å². The Morgan fingerprint density at radius 2 is 2.00 bits per heavy atom. The molecule has 1 unspecified atom stereocenters. The zero-order valence-corrected chi connectivity index (χ0v) is 7.75. The van der Waals surface area contributed by atoms with Crippen molar-refractivity contribution in [3.63, 3.8) is 0 Å². The van der Waals surface area contributed by atoms with Crippen LogP contribution in [0.2, 0.25) is 5.02 Å². The van der Waals surface area contributed by atoms with Crippen LogP contribution in [-0.2, 0) is 9.53 Å². The third-order valence-electron chi connectivity index (χ3n) is 2.20. The zero-order chi connectivity index (χ0) is 9.26. The lowest BCUT2D eigenvalue weighted by atomic mass is 9.99. The smallest absolute Gasteiger partial charge is 0.306 e. The summed E-state index contributed by atoms with van der Waals surface area (Å²) < 4.78 is 4.88. The van der Waals surface area contributed by atoms with Gasteiger partial charge in [0, 0.05) is 10.9 Å². The van der Waals surface area contributed by atoms with Crippen LogP contribution in [0.15, 0.2) is 24.3 Å². The lowest BCUT2D eigenvalue weighted by Gasteiger charge is -2.05. The summed E-state index contributed by atoms with van der Waals surface area (Å²) in [4.78, 5) is 10.8. The number of rotatable bonds is 1. The van der Waals surface area contributed by atoms with E-state index in [1.165, 1.54) is 0 Å². The molecule has 0 spiro atoms. The monoisotopic (exact) mass is 196 g/mol. The molecule has 1 aliphatic rings. The third-order valence-corrected chi connectivity index (χ3v) is 2.45. The van der Waals surface area contributed by atoms with Crippen molar-refractivity contribution in [3.8, 4) is 0 Å². The van der Waals surface area contributed by atoms with E-state index >= 15 is 0 Å². The highest BCUT2D eigenvalue weighted by Gasteiger charge is 2.24. The van der Waals surface area contributed by atoms with Crippen LogP contribution in [0.4, 0.5) is 0 Å². The van der Waals surface area contributed by atoms with Gasteiger partial charge in [-0.15, -0.1) is 0 Å². The van der Waals surface area contributed by atoms with Crippen LogP contribution in [0.1, 0.15) is 17.9 Å². The van der Waals surface area contributed by atoms with Gasteiger partial charge in [0.1, 0.15) is 0 Å². The number of hydrogen-bond acceptors (Lipinski definition) is 2. The Balaban J connectivity index is 2.17. The van der Waals surface area contributed by atoms with Crippen LogP contribution in [0.25, 0.3) is 0 Å². The van der Waals surface area contributed by atoms with Crippen LogP contribution in [-0.4, -0.2) is 12.6 Å². The number of ether oxygens (including phenoxy) is 1. The summed E-state index contributed by atoms with van der Waals surface area (Å²) in [6.07, 6.45) is 0.488. The van der Waals surface area contributed by atoms with Crippen LogP contribution in [0, 0.1) is 0 Å². The van der Waals surface area contributed by atoms with Crippen LogP contribution < -0.4 is 0 Å². The second-order valence-corrected chi connectivity index (χ2v) is 3.57. The summed E-state index contributed by atoms with van der Waals surface area (Å²) in [7, 11) is 0. The average molecular weight is 197 g/mol. The molecule has 0 saturated carbocycles. The van der Waals surface area contributed by atoms with Gasteiger partial charge in [-0.1, -0.05) is 23.7 Å². The standard InChI is InChI=1S/C10H9ClO2/c11-9-3-1-7(2-4-9)8-5-10(12)13-6-8/h1-4,8H,5-6H2. The van der Waals surface area contributed by atoms with Crippen LogP contribution in [0.5, 0.6) is 0 Å². The number of carbonyl (C=O) groups is 1. The molecule has 13 heavy (non-hydrogen) atoms. The van der Waals surface area contributed by atoms with E-state index in [-0.39, 0.29) is 11.9 Å². The van der Waals surface area contributed by atoms with E-state index < -0.39 is 0 Å². The molecule has 0 amide bonds. The molecule has 0 bridgehead atoms. The first-order valence-electron chi connectivity index (χ1n) is 4.17. The Bertz CT molecular complexity index is 318. The number of benzene rings is 1. The van der Waals surface area contributed by atoms with E-state index in [2.05, 4.69) is 0 Å². The number of hydrogen-bond donors (Lipinski definition) is 0. The summed E-state index contributed by atoms with van der Waals surface area (Å²) in [5.41, 5.74) is 1.12. The van der Waals surface area contributed by atoms with Gasteiger partial charge in [0.05, 0.1) is 13.0 Å². The maximum Gasteiger partial charge on any atom is 0.306 e. The van der Waals surface area contributed by atoms with E-state index in [0.717, 1.165) is 5.56 Å². The topological polar surface area (TPSA) is 26.3 Å². The number of halogens is 1. The van der Waals surface area contributed by atoms with Crippen molar-refractivity contribution >= 4 is 17.6 Å².